The highest BCUT2D eigenvalue weighted by Gasteiger charge is 2.25. The number of amides is 1. The van der Waals surface area contributed by atoms with Gasteiger partial charge in [0.05, 0.1) is 37.3 Å². The number of carbonyl (C=O) groups is 1. The normalized spacial score (nSPS) is 14.3. The number of hydrogen-bond acceptors (Lipinski definition) is 8. The Bertz CT molecular complexity index is 1280. The van der Waals surface area contributed by atoms with Gasteiger partial charge in [-0.2, -0.15) is 4.98 Å². The average Bonchev–Trinajstić information content (AvgIpc) is 3.36. The van der Waals surface area contributed by atoms with Crippen molar-refractivity contribution in [2.24, 2.45) is 0 Å². The van der Waals surface area contributed by atoms with Crippen molar-refractivity contribution in [2.45, 2.75) is 31.2 Å². The standard InChI is InChI=1S/C24H28N4O6S/c1-16(2)17-4-6-18(7-5-17)23-26-22(34-27-23)15-25-35(30,31)19-8-9-21(32-3)20(14-19)24(29)28-10-12-33-13-11-28/h4-9,14,16,25H,10-13,15H2,1-3H3. The van der Waals surface area contributed by atoms with Gasteiger partial charge < -0.3 is 18.9 Å². The molecule has 0 spiro atoms. The Morgan fingerprint density at radius 3 is 2.51 bits per heavy atom. The van der Waals surface area contributed by atoms with Crippen LogP contribution in [-0.4, -0.2) is 62.8 Å². The molecule has 4 rings (SSSR count). The maximum Gasteiger partial charge on any atom is 0.257 e. The van der Waals surface area contributed by atoms with Crippen molar-refractivity contribution in [1.29, 1.82) is 0 Å². The fourth-order valence-electron chi connectivity index (χ4n) is 3.66. The van der Waals surface area contributed by atoms with Crippen molar-refractivity contribution in [2.75, 3.05) is 33.4 Å². The second-order valence-corrected chi connectivity index (χ2v) is 10.1. The van der Waals surface area contributed by atoms with Crippen molar-refractivity contribution in [3.8, 4) is 17.1 Å². The second kappa shape index (κ2) is 10.5. The highest BCUT2D eigenvalue weighted by molar-refractivity contribution is 7.89. The number of hydrogen-bond donors (Lipinski definition) is 1. The van der Waals surface area contributed by atoms with Crippen LogP contribution in [0.2, 0.25) is 0 Å². The lowest BCUT2D eigenvalue weighted by Gasteiger charge is -2.27. The van der Waals surface area contributed by atoms with Gasteiger partial charge in [0.15, 0.2) is 0 Å². The van der Waals surface area contributed by atoms with Gasteiger partial charge in [0.1, 0.15) is 5.75 Å². The Kier molecular flexibility index (Phi) is 7.48. The monoisotopic (exact) mass is 500 g/mol. The molecule has 2 heterocycles. The van der Waals surface area contributed by atoms with Gasteiger partial charge in [-0.3, -0.25) is 4.79 Å². The third-order valence-corrected chi connectivity index (χ3v) is 7.13. The first-order valence-corrected chi connectivity index (χ1v) is 12.7. The minimum Gasteiger partial charge on any atom is -0.496 e. The Morgan fingerprint density at radius 1 is 1.14 bits per heavy atom. The molecule has 1 aliphatic heterocycles. The minimum absolute atomic E-state index is 0.0704. The molecule has 1 aliphatic rings. The van der Waals surface area contributed by atoms with E-state index in [4.69, 9.17) is 14.0 Å². The molecule has 1 N–H and O–H groups in total. The summed E-state index contributed by atoms with van der Waals surface area (Å²) in [7, 11) is -2.54. The third kappa shape index (κ3) is 5.69. The van der Waals surface area contributed by atoms with Gasteiger partial charge in [-0.05, 0) is 29.7 Å². The number of morpholine rings is 1. The maximum absolute atomic E-state index is 13.0. The van der Waals surface area contributed by atoms with Crippen LogP contribution in [-0.2, 0) is 21.3 Å². The number of carbonyl (C=O) groups excluding carboxylic acids is 1. The molecule has 11 heteroatoms. The number of nitrogens with zero attached hydrogens (tertiary/aromatic N) is 3. The lowest BCUT2D eigenvalue weighted by Crippen LogP contribution is -2.40. The van der Waals surface area contributed by atoms with Crippen LogP contribution in [0.4, 0.5) is 0 Å². The smallest absolute Gasteiger partial charge is 0.257 e. The first-order chi connectivity index (χ1) is 16.8. The molecule has 0 radical (unpaired) electrons. The molecular weight excluding hydrogens is 472 g/mol. The number of rotatable bonds is 8. The maximum atomic E-state index is 13.0. The summed E-state index contributed by atoms with van der Waals surface area (Å²) in [5.41, 5.74) is 2.13. The molecule has 186 valence electrons. The molecule has 0 bridgehead atoms. The SMILES string of the molecule is COc1ccc(S(=O)(=O)NCc2nc(-c3ccc(C(C)C)cc3)no2)cc1C(=O)N1CCOCC1. The van der Waals surface area contributed by atoms with Crippen LogP contribution in [0, 0.1) is 0 Å². The summed E-state index contributed by atoms with van der Waals surface area (Å²) >= 11 is 0. The number of nitrogens with one attached hydrogen (secondary N) is 1. The number of methoxy groups -OCH3 is 1. The van der Waals surface area contributed by atoms with E-state index in [9.17, 15) is 13.2 Å². The quantitative estimate of drug-likeness (QED) is 0.501. The molecule has 0 saturated carbocycles. The van der Waals surface area contributed by atoms with Crippen LogP contribution in [0.1, 0.15) is 41.6 Å². The van der Waals surface area contributed by atoms with E-state index in [1.54, 1.807) is 4.90 Å². The van der Waals surface area contributed by atoms with Crippen LogP contribution < -0.4 is 9.46 Å². The van der Waals surface area contributed by atoms with Crippen LogP contribution in [0.3, 0.4) is 0 Å². The highest BCUT2D eigenvalue weighted by Crippen LogP contribution is 2.25. The van der Waals surface area contributed by atoms with Gasteiger partial charge in [-0.15, -0.1) is 0 Å². The molecule has 2 aromatic carbocycles. The zero-order valence-corrected chi connectivity index (χ0v) is 20.7. The van der Waals surface area contributed by atoms with Crippen molar-refractivity contribution in [3.05, 3.63) is 59.5 Å². The molecule has 1 amide bonds. The Balaban J connectivity index is 1.48. The van der Waals surface area contributed by atoms with E-state index in [2.05, 4.69) is 28.7 Å². The fourth-order valence-corrected chi connectivity index (χ4v) is 4.66. The minimum atomic E-state index is -3.97. The van der Waals surface area contributed by atoms with Gasteiger partial charge in [0.2, 0.25) is 21.7 Å². The summed E-state index contributed by atoms with van der Waals surface area (Å²) in [5.74, 6) is 0.881. The van der Waals surface area contributed by atoms with Crippen molar-refractivity contribution in [3.63, 3.8) is 0 Å². The van der Waals surface area contributed by atoms with Crippen LogP contribution in [0.25, 0.3) is 11.4 Å². The number of sulfonamides is 1. The summed E-state index contributed by atoms with van der Waals surface area (Å²) < 4.78 is 44.2. The predicted octanol–water partition coefficient (Wildman–Crippen LogP) is 2.82. The van der Waals surface area contributed by atoms with Gasteiger partial charge in [0.25, 0.3) is 5.91 Å². The molecule has 10 nitrogen and oxygen atoms in total. The summed E-state index contributed by atoms with van der Waals surface area (Å²) in [6, 6.07) is 12.0. The number of aromatic nitrogens is 2. The largest absolute Gasteiger partial charge is 0.496 e. The van der Waals surface area contributed by atoms with E-state index in [-0.39, 0.29) is 28.8 Å². The molecule has 3 aromatic rings. The van der Waals surface area contributed by atoms with E-state index in [1.165, 1.54) is 30.9 Å². The van der Waals surface area contributed by atoms with Crippen LogP contribution in [0.15, 0.2) is 51.9 Å². The predicted molar refractivity (Wildman–Crippen MR) is 128 cm³/mol. The topological polar surface area (TPSA) is 124 Å². The Hall–Kier alpha value is -3.28. The Morgan fingerprint density at radius 2 is 1.86 bits per heavy atom. The summed E-state index contributed by atoms with van der Waals surface area (Å²) in [4.78, 5) is 18.8. The van der Waals surface area contributed by atoms with E-state index >= 15 is 0 Å². The summed E-state index contributed by atoms with van der Waals surface area (Å²) in [5, 5.41) is 3.95. The number of ether oxygens (including phenoxy) is 2. The first kappa shape index (κ1) is 24.8. The molecule has 0 atom stereocenters. The summed E-state index contributed by atoms with van der Waals surface area (Å²) in [6.45, 7) is 5.74. The van der Waals surface area contributed by atoms with E-state index in [0.717, 1.165) is 5.56 Å². The van der Waals surface area contributed by atoms with Crippen LogP contribution in [0.5, 0.6) is 5.75 Å². The molecule has 35 heavy (non-hydrogen) atoms. The summed E-state index contributed by atoms with van der Waals surface area (Å²) in [6.07, 6.45) is 0. The highest BCUT2D eigenvalue weighted by atomic mass is 32.2. The van der Waals surface area contributed by atoms with E-state index in [1.807, 2.05) is 24.3 Å². The lowest BCUT2D eigenvalue weighted by molar-refractivity contribution is 0.0300. The third-order valence-electron chi connectivity index (χ3n) is 5.73. The van der Waals surface area contributed by atoms with Crippen molar-refractivity contribution >= 4 is 15.9 Å². The molecule has 0 unspecified atom stereocenters. The lowest BCUT2D eigenvalue weighted by atomic mass is 10.0. The van der Waals surface area contributed by atoms with Crippen LogP contribution >= 0.6 is 0 Å². The fraction of sp³-hybridized carbons (Fsp3) is 0.375. The van der Waals surface area contributed by atoms with E-state index in [0.29, 0.717) is 43.8 Å². The molecular formula is C24H28N4O6S. The molecule has 1 fully saturated rings. The van der Waals surface area contributed by atoms with Crippen molar-refractivity contribution < 1.29 is 27.2 Å². The van der Waals surface area contributed by atoms with Crippen molar-refractivity contribution in [1.82, 2.24) is 19.8 Å². The zero-order valence-electron chi connectivity index (χ0n) is 19.9. The van der Waals surface area contributed by atoms with Gasteiger partial charge in [-0.1, -0.05) is 43.3 Å². The molecule has 0 aliphatic carbocycles. The Labute approximate surface area is 204 Å². The molecule has 1 saturated heterocycles. The zero-order chi connectivity index (χ0) is 25.0. The molecule has 1 aromatic heterocycles. The van der Waals surface area contributed by atoms with Gasteiger partial charge in [-0.25, -0.2) is 13.1 Å². The average molecular weight is 501 g/mol. The van der Waals surface area contributed by atoms with Gasteiger partial charge >= 0.3 is 0 Å². The first-order valence-electron chi connectivity index (χ1n) is 11.3. The van der Waals surface area contributed by atoms with Gasteiger partial charge in [0, 0.05) is 18.7 Å². The van der Waals surface area contributed by atoms with E-state index < -0.39 is 10.0 Å². The second-order valence-electron chi connectivity index (χ2n) is 8.38. The number of benzene rings is 2.